The molecule has 4 heteroatoms. The third-order valence-corrected chi connectivity index (χ3v) is 4.03. The van der Waals surface area contributed by atoms with Gasteiger partial charge in [0.2, 0.25) is 0 Å². The summed E-state index contributed by atoms with van der Waals surface area (Å²) in [4.78, 5) is 12.3. The van der Waals surface area contributed by atoms with Crippen molar-refractivity contribution in [2.75, 3.05) is 0 Å². The lowest BCUT2D eigenvalue weighted by molar-refractivity contribution is 0.00425. The Morgan fingerprint density at radius 1 is 1.44 bits per heavy atom. The average molecular weight is 271 g/mol. The van der Waals surface area contributed by atoms with E-state index in [0.29, 0.717) is 18.8 Å². The van der Waals surface area contributed by atoms with Gasteiger partial charge in [-0.2, -0.15) is 0 Å². The highest BCUT2D eigenvalue weighted by Gasteiger charge is 2.40. The number of hydrogen-bond donors (Lipinski definition) is 1. The monoisotopic (exact) mass is 270 g/mol. The van der Waals surface area contributed by atoms with Gasteiger partial charge in [0.25, 0.3) is 0 Å². The molecule has 1 aliphatic carbocycles. The van der Waals surface area contributed by atoms with Crippen LogP contribution < -0.4 is 0 Å². The molecular formula is C14H16ClFO2. The third kappa shape index (κ3) is 2.57. The molecule has 18 heavy (non-hydrogen) atoms. The second-order valence-corrected chi connectivity index (χ2v) is 5.57. The molecule has 0 radical (unpaired) electrons. The van der Waals surface area contributed by atoms with E-state index in [0.717, 1.165) is 18.9 Å². The highest BCUT2D eigenvalue weighted by atomic mass is 35.5. The van der Waals surface area contributed by atoms with E-state index in [1.807, 2.05) is 0 Å². The van der Waals surface area contributed by atoms with Gasteiger partial charge >= 0.3 is 0 Å². The zero-order valence-electron chi connectivity index (χ0n) is 10.2. The van der Waals surface area contributed by atoms with E-state index in [1.54, 1.807) is 0 Å². The van der Waals surface area contributed by atoms with Crippen LogP contribution in [0.3, 0.4) is 0 Å². The number of aliphatic hydroxyl groups is 1. The Balaban J connectivity index is 2.28. The van der Waals surface area contributed by atoms with Gasteiger partial charge in [0, 0.05) is 5.56 Å². The number of rotatable bonds is 2. The van der Waals surface area contributed by atoms with Crippen molar-refractivity contribution in [3.63, 3.8) is 0 Å². The smallest absolute Gasteiger partial charge is 0.195 e. The van der Waals surface area contributed by atoms with Crippen molar-refractivity contribution < 1.29 is 14.3 Å². The molecule has 0 heterocycles. The van der Waals surface area contributed by atoms with Gasteiger partial charge < -0.3 is 5.11 Å². The maximum absolute atomic E-state index is 13.2. The van der Waals surface area contributed by atoms with Crippen molar-refractivity contribution in [3.05, 3.63) is 34.6 Å². The Morgan fingerprint density at radius 3 is 2.67 bits per heavy atom. The summed E-state index contributed by atoms with van der Waals surface area (Å²) in [6, 6.07) is 3.64. The minimum Gasteiger partial charge on any atom is -0.382 e. The summed E-state index contributed by atoms with van der Waals surface area (Å²) < 4.78 is 13.2. The third-order valence-electron chi connectivity index (χ3n) is 3.70. The molecule has 0 spiro atoms. The summed E-state index contributed by atoms with van der Waals surface area (Å²) >= 11 is 5.90. The Bertz CT molecular complexity index is 465. The number of halogens is 2. The van der Waals surface area contributed by atoms with Crippen molar-refractivity contribution in [3.8, 4) is 0 Å². The normalized spacial score (nSPS) is 28.1. The lowest BCUT2D eigenvalue weighted by atomic mass is 9.76. The van der Waals surface area contributed by atoms with Crippen molar-refractivity contribution in [2.24, 2.45) is 5.92 Å². The van der Waals surface area contributed by atoms with Gasteiger partial charge in [0.15, 0.2) is 5.78 Å². The van der Waals surface area contributed by atoms with Gasteiger partial charge in [-0.25, -0.2) is 4.39 Å². The number of carbonyl (C=O) groups excluding carboxylic acids is 1. The molecule has 0 bridgehead atoms. The fourth-order valence-electron chi connectivity index (χ4n) is 2.39. The van der Waals surface area contributed by atoms with E-state index in [4.69, 9.17) is 11.6 Å². The second kappa shape index (κ2) is 4.98. The molecule has 98 valence electrons. The van der Waals surface area contributed by atoms with Crippen LogP contribution in [0.2, 0.25) is 5.02 Å². The Morgan fingerprint density at radius 2 is 2.06 bits per heavy atom. The fraction of sp³-hybridized carbons (Fsp3) is 0.500. The molecule has 2 rings (SSSR count). The number of hydrogen-bond acceptors (Lipinski definition) is 2. The maximum atomic E-state index is 13.2. The first-order valence-corrected chi connectivity index (χ1v) is 6.52. The molecule has 0 amide bonds. The van der Waals surface area contributed by atoms with Crippen LogP contribution in [0.5, 0.6) is 0 Å². The minimum atomic E-state index is -1.38. The molecule has 0 aliphatic heterocycles. The highest BCUT2D eigenvalue weighted by molar-refractivity contribution is 6.34. The van der Waals surface area contributed by atoms with E-state index in [1.165, 1.54) is 12.1 Å². The molecule has 0 atom stereocenters. The van der Waals surface area contributed by atoms with Crippen LogP contribution in [0.15, 0.2) is 18.2 Å². The van der Waals surface area contributed by atoms with E-state index in [-0.39, 0.29) is 10.6 Å². The first-order chi connectivity index (χ1) is 8.42. The molecule has 1 aromatic rings. The zero-order chi connectivity index (χ0) is 13.3. The predicted molar refractivity (Wildman–Crippen MR) is 68.3 cm³/mol. The first-order valence-electron chi connectivity index (χ1n) is 6.14. The van der Waals surface area contributed by atoms with Crippen LogP contribution in [0, 0.1) is 11.7 Å². The first kappa shape index (κ1) is 13.5. The van der Waals surface area contributed by atoms with Gasteiger partial charge in [0.05, 0.1) is 5.02 Å². The lowest BCUT2D eigenvalue weighted by Gasteiger charge is -2.33. The van der Waals surface area contributed by atoms with E-state index in [2.05, 4.69) is 6.92 Å². The fourth-order valence-corrected chi connectivity index (χ4v) is 2.59. The molecule has 1 saturated carbocycles. The quantitative estimate of drug-likeness (QED) is 0.834. The van der Waals surface area contributed by atoms with Crippen molar-refractivity contribution in [2.45, 2.75) is 38.2 Å². The van der Waals surface area contributed by atoms with Crippen LogP contribution in [0.25, 0.3) is 0 Å². The van der Waals surface area contributed by atoms with Crippen molar-refractivity contribution in [1.82, 2.24) is 0 Å². The van der Waals surface area contributed by atoms with Gasteiger partial charge in [-0.15, -0.1) is 0 Å². The van der Waals surface area contributed by atoms with Crippen LogP contribution in [0.1, 0.15) is 43.0 Å². The topological polar surface area (TPSA) is 37.3 Å². The average Bonchev–Trinajstić information content (AvgIpc) is 2.35. The summed E-state index contributed by atoms with van der Waals surface area (Å²) in [5.74, 6) is -0.463. The Labute approximate surface area is 111 Å². The summed E-state index contributed by atoms with van der Waals surface area (Å²) in [5, 5.41) is 10.6. The standard InChI is InChI=1S/C14H16ClFO2/c1-9-4-6-14(18,7-5-9)13(17)11-8-10(16)2-3-12(11)15/h2-3,8-9,18H,4-7H2,1H3. The molecule has 0 saturated heterocycles. The number of ketones is 1. The molecule has 1 N–H and O–H groups in total. The number of benzene rings is 1. The van der Waals surface area contributed by atoms with Gasteiger partial charge in [0.1, 0.15) is 11.4 Å². The molecular weight excluding hydrogens is 255 g/mol. The summed E-state index contributed by atoms with van der Waals surface area (Å²) in [7, 11) is 0. The molecule has 0 unspecified atom stereocenters. The van der Waals surface area contributed by atoms with Crippen molar-refractivity contribution >= 4 is 17.4 Å². The maximum Gasteiger partial charge on any atom is 0.195 e. The van der Waals surface area contributed by atoms with Gasteiger partial charge in [-0.05, 0) is 49.8 Å². The van der Waals surface area contributed by atoms with E-state index < -0.39 is 17.2 Å². The van der Waals surface area contributed by atoms with Crippen LogP contribution in [-0.2, 0) is 0 Å². The molecule has 2 nitrogen and oxygen atoms in total. The molecule has 0 aromatic heterocycles. The lowest BCUT2D eigenvalue weighted by Crippen LogP contribution is -2.42. The Hall–Kier alpha value is -0.930. The summed E-state index contributed by atoms with van der Waals surface area (Å²) in [6.07, 6.45) is 2.43. The molecule has 1 aliphatic rings. The van der Waals surface area contributed by atoms with Gasteiger partial charge in [-0.3, -0.25) is 4.79 Å². The van der Waals surface area contributed by atoms with Crippen LogP contribution in [-0.4, -0.2) is 16.5 Å². The number of carbonyl (C=O) groups is 1. The molecule has 1 fully saturated rings. The largest absolute Gasteiger partial charge is 0.382 e. The predicted octanol–water partition coefficient (Wildman–Crippen LogP) is 3.60. The van der Waals surface area contributed by atoms with Crippen LogP contribution in [0.4, 0.5) is 4.39 Å². The second-order valence-electron chi connectivity index (χ2n) is 5.17. The van der Waals surface area contributed by atoms with E-state index in [9.17, 15) is 14.3 Å². The number of Topliss-reactive ketones (excluding diaryl/α,β-unsaturated/α-hetero) is 1. The Kier molecular flexibility index (Phi) is 3.74. The summed E-state index contributed by atoms with van der Waals surface area (Å²) in [6.45, 7) is 2.10. The highest BCUT2D eigenvalue weighted by Crippen LogP contribution is 2.35. The van der Waals surface area contributed by atoms with Gasteiger partial charge in [-0.1, -0.05) is 18.5 Å². The molecule has 1 aromatic carbocycles. The van der Waals surface area contributed by atoms with Crippen molar-refractivity contribution in [1.29, 1.82) is 0 Å². The zero-order valence-corrected chi connectivity index (χ0v) is 11.0. The SMILES string of the molecule is CC1CCC(O)(C(=O)c2cc(F)ccc2Cl)CC1. The minimum absolute atomic E-state index is 0.0775. The summed E-state index contributed by atoms with van der Waals surface area (Å²) in [5.41, 5.74) is -1.31. The van der Waals surface area contributed by atoms with E-state index >= 15 is 0 Å². The van der Waals surface area contributed by atoms with Crippen LogP contribution >= 0.6 is 11.6 Å².